The Kier molecular flexibility index (Phi) is 9.92. The fourth-order valence-corrected chi connectivity index (χ4v) is 6.08. The van der Waals surface area contributed by atoms with E-state index >= 15 is 0 Å². The SMILES string of the molecule is CNc1ncc2cc(-c3c(Cl)c(OC)cc(OC)c3Cl)c3nc(CCCN4CCN(C(=O)C(C#N)=CC(C)C)CC4)nn3c2n1. The number of amides is 1. The van der Waals surface area contributed by atoms with Crippen molar-refractivity contribution in [3.63, 3.8) is 0 Å². The van der Waals surface area contributed by atoms with E-state index in [0.717, 1.165) is 31.4 Å². The molecule has 0 aliphatic carbocycles. The van der Waals surface area contributed by atoms with Gasteiger partial charge in [-0.25, -0.2) is 9.97 Å². The molecule has 1 fully saturated rings. The Hall–Kier alpha value is -4.18. The zero-order valence-corrected chi connectivity index (χ0v) is 27.4. The smallest absolute Gasteiger partial charge is 0.264 e. The van der Waals surface area contributed by atoms with Gasteiger partial charge in [0.05, 0.1) is 24.3 Å². The molecule has 45 heavy (non-hydrogen) atoms. The first kappa shape index (κ1) is 32.2. The monoisotopic (exact) mass is 651 g/mol. The molecule has 5 rings (SSSR count). The van der Waals surface area contributed by atoms with E-state index in [0.29, 0.717) is 75.2 Å². The van der Waals surface area contributed by atoms with Crippen LogP contribution in [0, 0.1) is 17.2 Å². The minimum absolute atomic E-state index is 0.136. The molecule has 236 valence electrons. The predicted octanol–water partition coefficient (Wildman–Crippen LogP) is 4.89. The van der Waals surface area contributed by atoms with Crippen LogP contribution in [0.4, 0.5) is 5.95 Å². The molecule has 0 saturated carbocycles. The number of carbonyl (C=O) groups is 1. The third-order valence-corrected chi connectivity index (χ3v) is 8.39. The van der Waals surface area contributed by atoms with Crippen LogP contribution in [0.5, 0.6) is 11.5 Å². The molecule has 4 aromatic rings. The number of piperazine rings is 1. The highest BCUT2D eigenvalue weighted by Gasteiger charge is 2.25. The zero-order valence-electron chi connectivity index (χ0n) is 25.9. The van der Waals surface area contributed by atoms with E-state index in [-0.39, 0.29) is 17.4 Å². The number of carbonyl (C=O) groups excluding carboxylic acids is 1. The van der Waals surface area contributed by atoms with Crippen molar-refractivity contribution >= 4 is 51.7 Å². The number of nitrogens with zero attached hydrogens (tertiary/aromatic N) is 8. The van der Waals surface area contributed by atoms with Gasteiger partial charge in [0.2, 0.25) is 5.95 Å². The van der Waals surface area contributed by atoms with Gasteiger partial charge in [0.15, 0.2) is 17.1 Å². The number of nitriles is 1. The maximum Gasteiger partial charge on any atom is 0.264 e. The lowest BCUT2D eigenvalue weighted by molar-refractivity contribution is -0.128. The van der Waals surface area contributed by atoms with Crippen molar-refractivity contribution in [2.24, 2.45) is 5.92 Å². The van der Waals surface area contributed by atoms with Crippen molar-refractivity contribution in [3.05, 3.63) is 45.8 Å². The van der Waals surface area contributed by atoms with Crippen LogP contribution < -0.4 is 14.8 Å². The quantitative estimate of drug-likeness (QED) is 0.187. The van der Waals surface area contributed by atoms with Crippen molar-refractivity contribution in [2.75, 3.05) is 59.3 Å². The Morgan fingerprint density at radius 2 is 1.78 bits per heavy atom. The number of hydrogen-bond acceptors (Lipinski definition) is 10. The summed E-state index contributed by atoms with van der Waals surface area (Å²) in [5.74, 6) is 1.86. The van der Waals surface area contributed by atoms with Gasteiger partial charge < -0.3 is 19.7 Å². The zero-order chi connectivity index (χ0) is 32.2. The summed E-state index contributed by atoms with van der Waals surface area (Å²) in [6.07, 6.45) is 4.86. The highest BCUT2D eigenvalue weighted by molar-refractivity contribution is 6.41. The molecule has 1 aromatic carbocycles. The largest absolute Gasteiger partial charge is 0.495 e. The summed E-state index contributed by atoms with van der Waals surface area (Å²) >= 11 is 13.6. The number of hydrogen-bond donors (Lipinski definition) is 1. The lowest BCUT2D eigenvalue weighted by Crippen LogP contribution is -2.49. The Morgan fingerprint density at radius 1 is 1.09 bits per heavy atom. The number of pyridine rings is 1. The summed E-state index contributed by atoms with van der Waals surface area (Å²) in [7, 11) is 4.81. The van der Waals surface area contributed by atoms with Gasteiger partial charge in [0.1, 0.15) is 23.1 Å². The van der Waals surface area contributed by atoms with E-state index in [2.05, 4.69) is 26.3 Å². The third kappa shape index (κ3) is 6.61. The van der Waals surface area contributed by atoms with Crippen LogP contribution in [0.25, 0.3) is 27.8 Å². The van der Waals surface area contributed by atoms with Gasteiger partial charge in [0, 0.05) is 68.4 Å². The molecule has 14 heteroatoms. The highest BCUT2D eigenvalue weighted by atomic mass is 35.5. The fourth-order valence-electron chi connectivity index (χ4n) is 5.38. The van der Waals surface area contributed by atoms with Gasteiger partial charge in [-0.15, -0.1) is 5.10 Å². The Balaban J connectivity index is 1.40. The second-order valence-electron chi connectivity index (χ2n) is 11.0. The molecular weight excluding hydrogens is 617 g/mol. The molecule has 1 aliphatic rings. The van der Waals surface area contributed by atoms with E-state index in [1.54, 1.807) is 34.8 Å². The first-order valence-electron chi connectivity index (χ1n) is 14.7. The molecule has 0 atom stereocenters. The number of aryl methyl sites for hydroxylation is 1. The lowest BCUT2D eigenvalue weighted by atomic mass is 10.0. The number of nitrogens with one attached hydrogen (secondary N) is 1. The summed E-state index contributed by atoms with van der Waals surface area (Å²) < 4.78 is 12.7. The van der Waals surface area contributed by atoms with Crippen molar-refractivity contribution in [3.8, 4) is 28.7 Å². The minimum atomic E-state index is -0.193. The van der Waals surface area contributed by atoms with Crippen molar-refractivity contribution in [1.82, 2.24) is 34.4 Å². The summed E-state index contributed by atoms with van der Waals surface area (Å²) in [5.41, 5.74) is 2.47. The van der Waals surface area contributed by atoms with Crippen molar-refractivity contribution in [2.45, 2.75) is 26.7 Å². The number of rotatable bonds is 10. The Labute approximate surface area is 271 Å². The van der Waals surface area contributed by atoms with E-state index in [9.17, 15) is 10.1 Å². The Morgan fingerprint density at radius 3 is 2.38 bits per heavy atom. The molecule has 1 amide bonds. The second kappa shape index (κ2) is 13.9. The molecule has 4 heterocycles. The second-order valence-corrected chi connectivity index (χ2v) is 11.8. The number of fused-ring (bicyclic) bond motifs is 3. The number of ether oxygens (including phenoxy) is 2. The van der Waals surface area contributed by atoms with Crippen LogP contribution in [0.1, 0.15) is 26.1 Å². The van der Waals surface area contributed by atoms with Crippen LogP contribution in [-0.2, 0) is 11.2 Å². The number of allylic oxidation sites excluding steroid dienone is 1. The van der Waals surface area contributed by atoms with E-state index in [1.807, 2.05) is 19.9 Å². The third-order valence-electron chi connectivity index (χ3n) is 7.64. The molecule has 0 unspecified atom stereocenters. The van der Waals surface area contributed by atoms with Crippen LogP contribution in [0.2, 0.25) is 10.0 Å². The minimum Gasteiger partial charge on any atom is -0.495 e. The first-order chi connectivity index (χ1) is 21.7. The van der Waals surface area contributed by atoms with Crippen molar-refractivity contribution < 1.29 is 14.3 Å². The van der Waals surface area contributed by atoms with Gasteiger partial charge in [-0.1, -0.05) is 43.1 Å². The summed E-state index contributed by atoms with van der Waals surface area (Å²) in [4.78, 5) is 30.8. The predicted molar refractivity (Wildman–Crippen MR) is 174 cm³/mol. The van der Waals surface area contributed by atoms with Crippen LogP contribution in [-0.4, -0.2) is 94.3 Å². The number of benzene rings is 1. The molecule has 0 bridgehead atoms. The average Bonchev–Trinajstić information content (AvgIpc) is 3.48. The average molecular weight is 653 g/mol. The molecule has 0 radical (unpaired) electrons. The van der Waals surface area contributed by atoms with E-state index < -0.39 is 0 Å². The van der Waals surface area contributed by atoms with Crippen LogP contribution in [0.3, 0.4) is 0 Å². The molecule has 1 saturated heterocycles. The normalized spacial score (nSPS) is 14.3. The number of halogens is 2. The topological polar surface area (TPSA) is 134 Å². The van der Waals surface area contributed by atoms with E-state index in [1.165, 1.54) is 14.2 Å². The summed E-state index contributed by atoms with van der Waals surface area (Å²) in [6, 6.07) is 5.59. The fraction of sp³-hybridized carbons (Fsp3) is 0.419. The maximum absolute atomic E-state index is 12.8. The number of anilines is 1. The van der Waals surface area contributed by atoms with Crippen LogP contribution >= 0.6 is 23.2 Å². The van der Waals surface area contributed by atoms with Gasteiger partial charge >= 0.3 is 0 Å². The van der Waals surface area contributed by atoms with Crippen molar-refractivity contribution in [1.29, 1.82) is 5.26 Å². The molecule has 12 nitrogen and oxygen atoms in total. The van der Waals surface area contributed by atoms with Crippen LogP contribution in [0.15, 0.2) is 30.0 Å². The van der Waals surface area contributed by atoms with E-state index in [4.69, 9.17) is 42.8 Å². The molecule has 0 spiro atoms. The van der Waals surface area contributed by atoms with Gasteiger partial charge in [0.25, 0.3) is 5.91 Å². The lowest BCUT2D eigenvalue weighted by Gasteiger charge is -2.34. The molecule has 3 aromatic heterocycles. The van der Waals surface area contributed by atoms with Gasteiger partial charge in [-0.05, 0) is 24.9 Å². The number of aromatic nitrogens is 5. The van der Waals surface area contributed by atoms with Gasteiger partial charge in [-0.3, -0.25) is 9.69 Å². The maximum atomic E-state index is 12.8. The standard InChI is InChI=1S/C31H35Cl2N9O3/c1-18(2)13-19(16-34)30(43)41-11-9-40(10-12-41)8-6-7-24-37-29-21(25-26(32)22(44-4)15-23(45-5)27(25)33)14-20-17-36-31(35-3)38-28(20)42(29)39-24/h13-15,17-18H,6-12H2,1-5H3,(H,35,36,38). The summed E-state index contributed by atoms with van der Waals surface area (Å²) in [5, 5.41) is 18.6. The summed E-state index contributed by atoms with van der Waals surface area (Å²) in [6.45, 7) is 7.35. The molecule has 1 aliphatic heterocycles. The highest BCUT2D eigenvalue weighted by Crippen LogP contribution is 2.47. The Bertz CT molecular complexity index is 1780. The first-order valence-corrected chi connectivity index (χ1v) is 15.4. The molecular formula is C31H35Cl2N9O3. The van der Waals surface area contributed by atoms with Gasteiger partial charge in [-0.2, -0.15) is 14.8 Å². The molecule has 1 N–H and O–H groups in total. The number of methoxy groups -OCH3 is 2.